The molecule has 0 spiro atoms. The predicted molar refractivity (Wildman–Crippen MR) is 65.5 cm³/mol. The second kappa shape index (κ2) is 5.55. The molecule has 0 fully saturated rings. The molecule has 5 heteroatoms. The van der Waals surface area contributed by atoms with Crippen LogP contribution in [-0.4, -0.2) is 20.8 Å². The zero-order valence-electron chi connectivity index (χ0n) is 9.31. The van der Waals surface area contributed by atoms with Crippen molar-refractivity contribution < 1.29 is 13.2 Å². The normalized spacial score (nSPS) is 13.4. The van der Waals surface area contributed by atoms with Crippen LogP contribution >= 0.6 is 10.7 Å². The zero-order valence-corrected chi connectivity index (χ0v) is 10.9. The first-order valence-corrected chi connectivity index (χ1v) is 7.47. The van der Waals surface area contributed by atoms with Crippen LogP contribution in [0.25, 0.3) is 0 Å². The maximum atomic E-state index is 10.8. The summed E-state index contributed by atoms with van der Waals surface area (Å²) in [7, 11) is 1.71. The summed E-state index contributed by atoms with van der Waals surface area (Å²) in [5, 5.41) is 0. The first kappa shape index (κ1) is 13.3. The average Bonchev–Trinajstić information content (AvgIpc) is 2.14. The number of ether oxygens (including phenoxy) is 1. The van der Waals surface area contributed by atoms with E-state index < -0.39 is 9.05 Å². The fourth-order valence-corrected chi connectivity index (χ4v) is 2.76. The molecular formula is C11H15ClO3S. The van der Waals surface area contributed by atoms with Gasteiger partial charge in [-0.15, -0.1) is 0 Å². The Hall–Kier alpha value is -0.740. The van der Waals surface area contributed by atoms with Crippen molar-refractivity contribution >= 4 is 19.7 Å². The van der Waals surface area contributed by atoms with Gasteiger partial charge in [-0.25, -0.2) is 8.42 Å². The molecule has 0 aromatic heterocycles. The third-order valence-electron chi connectivity index (χ3n) is 2.10. The highest BCUT2D eigenvalue weighted by Crippen LogP contribution is 2.17. The van der Waals surface area contributed by atoms with Crippen molar-refractivity contribution in [2.75, 3.05) is 12.4 Å². The lowest BCUT2D eigenvalue weighted by atomic mass is 10.2. The molecule has 1 unspecified atom stereocenters. The van der Waals surface area contributed by atoms with Gasteiger partial charge in [0.2, 0.25) is 9.05 Å². The van der Waals surface area contributed by atoms with Gasteiger partial charge in [-0.1, -0.05) is 25.1 Å². The van der Waals surface area contributed by atoms with Crippen molar-refractivity contribution in [3.63, 3.8) is 0 Å². The minimum Gasteiger partial charge on any atom is -0.493 e. The maximum Gasteiger partial charge on any atom is 0.232 e. The van der Waals surface area contributed by atoms with Crippen molar-refractivity contribution in [3.8, 4) is 5.75 Å². The molecule has 0 amide bonds. The number of halogens is 1. The Balaban J connectivity index is 2.49. The van der Waals surface area contributed by atoms with E-state index in [9.17, 15) is 8.42 Å². The van der Waals surface area contributed by atoms with Crippen LogP contribution in [0.15, 0.2) is 24.3 Å². The number of rotatable bonds is 5. The van der Waals surface area contributed by atoms with E-state index in [0.717, 1.165) is 11.3 Å². The molecule has 0 aliphatic rings. The van der Waals surface area contributed by atoms with Gasteiger partial charge in [-0.05, 0) is 18.6 Å². The van der Waals surface area contributed by atoms with E-state index >= 15 is 0 Å². The number of benzene rings is 1. The van der Waals surface area contributed by atoms with Gasteiger partial charge in [0.05, 0.1) is 12.4 Å². The van der Waals surface area contributed by atoms with Crippen LogP contribution in [0, 0.1) is 12.8 Å². The summed E-state index contributed by atoms with van der Waals surface area (Å²) in [4.78, 5) is 0. The van der Waals surface area contributed by atoms with Crippen LogP contribution < -0.4 is 4.74 Å². The zero-order chi connectivity index (χ0) is 12.2. The van der Waals surface area contributed by atoms with Gasteiger partial charge in [-0.2, -0.15) is 0 Å². The van der Waals surface area contributed by atoms with Crippen LogP contribution in [0.2, 0.25) is 0 Å². The summed E-state index contributed by atoms with van der Waals surface area (Å²) in [5.74, 6) is 0.587. The summed E-state index contributed by atoms with van der Waals surface area (Å²) < 4.78 is 27.2. The Morgan fingerprint density at radius 1 is 1.38 bits per heavy atom. The predicted octanol–water partition coefficient (Wildman–Crippen LogP) is 2.58. The summed E-state index contributed by atoms with van der Waals surface area (Å²) in [6.45, 7) is 4.08. The number of para-hydroxylation sites is 1. The molecular weight excluding hydrogens is 248 g/mol. The van der Waals surface area contributed by atoms with Crippen molar-refractivity contribution in [2.45, 2.75) is 13.8 Å². The second-order valence-corrected chi connectivity index (χ2v) is 6.71. The Labute approximate surface area is 101 Å². The maximum absolute atomic E-state index is 10.8. The van der Waals surface area contributed by atoms with Crippen LogP contribution in [0.5, 0.6) is 5.75 Å². The van der Waals surface area contributed by atoms with Crippen molar-refractivity contribution in [3.05, 3.63) is 29.8 Å². The first-order valence-electron chi connectivity index (χ1n) is 4.99. The highest BCUT2D eigenvalue weighted by molar-refractivity contribution is 8.13. The molecule has 1 aromatic carbocycles. The van der Waals surface area contributed by atoms with Crippen LogP contribution in [-0.2, 0) is 9.05 Å². The highest BCUT2D eigenvalue weighted by Gasteiger charge is 2.13. The molecule has 0 saturated heterocycles. The van der Waals surface area contributed by atoms with E-state index in [2.05, 4.69) is 0 Å². The van der Waals surface area contributed by atoms with Gasteiger partial charge >= 0.3 is 0 Å². The van der Waals surface area contributed by atoms with Crippen molar-refractivity contribution in [2.24, 2.45) is 5.92 Å². The van der Waals surface area contributed by atoms with E-state index in [1.54, 1.807) is 6.92 Å². The van der Waals surface area contributed by atoms with E-state index in [1.165, 1.54) is 0 Å². The first-order chi connectivity index (χ1) is 7.38. The lowest BCUT2D eigenvalue weighted by Gasteiger charge is -2.12. The smallest absolute Gasteiger partial charge is 0.232 e. The molecule has 0 N–H and O–H groups in total. The van der Waals surface area contributed by atoms with E-state index in [1.807, 2.05) is 31.2 Å². The van der Waals surface area contributed by atoms with Gasteiger partial charge in [-0.3, -0.25) is 0 Å². The Morgan fingerprint density at radius 2 is 2.00 bits per heavy atom. The van der Waals surface area contributed by atoms with E-state index in [-0.39, 0.29) is 11.7 Å². The Morgan fingerprint density at radius 3 is 2.56 bits per heavy atom. The average molecular weight is 263 g/mol. The SMILES string of the molecule is Cc1ccccc1OCC(C)CS(=O)(=O)Cl. The largest absolute Gasteiger partial charge is 0.493 e. The van der Waals surface area contributed by atoms with Gasteiger partial charge < -0.3 is 4.74 Å². The number of hydrogen-bond donors (Lipinski definition) is 0. The number of hydrogen-bond acceptors (Lipinski definition) is 3. The number of aryl methyl sites for hydroxylation is 1. The van der Waals surface area contributed by atoms with Crippen molar-refractivity contribution in [1.29, 1.82) is 0 Å². The Bertz CT molecular complexity index is 442. The molecule has 1 atom stereocenters. The summed E-state index contributed by atoms with van der Waals surface area (Å²) >= 11 is 0. The van der Waals surface area contributed by atoms with E-state index in [0.29, 0.717) is 6.61 Å². The summed E-state index contributed by atoms with van der Waals surface area (Å²) in [6.07, 6.45) is 0. The minimum absolute atomic E-state index is 0.0690. The molecule has 0 bridgehead atoms. The molecule has 3 nitrogen and oxygen atoms in total. The molecule has 0 heterocycles. The van der Waals surface area contributed by atoms with Gasteiger partial charge in [0.15, 0.2) is 0 Å². The fourth-order valence-electron chi connectivity index (χ4n) is 1.34. The van der Waals surface area contributed by atoms with Crippen LogP contribution in [0.4, 0.5) is 0 Å². The van der Waals surface area contributed by atoms with Gasteiger partial charge in [0.1, 0.15) is 5.75 Å². The topological polar surface area (TPSA) is 43.4 Å². The third-order valence-corrected chi connectivity index (χ3v) is 3.45. The molecule has 16 heavy (non-hydrogen) atoms. The molecule has 1 rings (SSSR count). The minimum atomic E-state index is -3.45. The van der Waals surface area contributed by atoms with E-state index in [4.69, 9.17) is 15.4 Å². The lowest BCUT2D eigenvalue weighted by molar-refractivity contribution is 0.270. The quantitative estimate of drug-likeness (QED) is 0.766. The third kappa shape index (κ3) is 4.86. The summed E-state index contributed by atoms with van der Waals surface area (Å²) in [6, 6.07) is 7.61. The Kier molecular flexibility index (Phi) is 4.62. The van der Waals surface area contributed by atoms with Gasteiger partial charge in [0.25, 0.3) is 0 Å². The highest BCUT2D eigenvalue weighted by atomic mass is 35.7. The monoisotopic (exact) mass is 262 g/mol. The molecule has 0 aliphatic carbocycles. The molecule has 0 radical (unpaired) electrons. The molecule has 90 valence electrons. The van der Waals surface area contributed by atoms with Crippen molar-refractivity contribution in [1.82, 2.24) is 0 Å². The molecule has 0 aliphatic heterocycles. The van der Waals surface area contributed by atoms with Crippen LogP contribution in [0.3, 0.4) is 0 Å². The fraction of sp³-hybridized carbons (Fsp3) is 0.455. The molecule has 0 saturated carbocycles. The second-order valence-electron chi connectivity index (χ2n) is 3.89. The van der Waals surface area contributed by atoms with Crippen LogP contribution in [0.1, 0.15) is 12.5 Å². The molecule has 1 aromatic rings. The van der Waals surface area contributed by atoms with Gasteiger partial charge in [0, 0.05) is 16.6 Å². The standard InChI is InChI=1S/C11H15ClO3S/c1-9(8-16(12,13)14)7-15-11-6-4-3-5-10(11)2/h3-6,9H,7-8H2,1-2H3. The lowest BCUT2D eigenvalue weighted by Crippen LogP contribution is -2.16. The summed E-state index contributed by atoms with van der Waals surface area (Å²) in [5.41, 5.74) is 1.03.